The van der Waals surface area contributed by atoms with E-state index in [0.29, 0.717) is 16.3 Å². The van der Waals surface area contributed by atoms with E-state index in [1.165, 1.54) is 11.3 Å². The van der Waals surface area contributed by atoms with Gasteiger partial charge in [0.2, 0.25) is 5.91 Å². The lowest BCUT2D eigenvalue weighted by molar-refractivity contribution is -0.147. The fourth-order valence-corrected chi connectivity index (χ4v) is 4.97. The van der Waals surface area contributed by atoms with Crippen molar-refractivity contribution in [3.63, 3.8) is 0 Å². The van der Waals surface area contributed by atoms with Crippen molar-refractivity contribution in [2.24, 2.45) is 0 Å². The molecule has 1 fully saturated rings. The van der Waals surface area contributed by atoms with Crippen molar-refractivity contribution in [2.75, 3.05) is 18.5 Å². The highest BCUT2D eigenvalue weighted by Gasteiger charge is 2.26. The van der Waals surface area contributed by atoms with Gasteiger partial charge < -0.3 is 19.9 Å². The van der Waals surface area contributed by atoms with E-state index in [-0.39, 0.29) is 43.5 Å². The highest BCUT2D eigenvalue weighted by molar-refractivity contribution is 7.12. The standard InChI is InChI=1S/C25H30N4O5S/c1-16-17(2)29(18-6-3-4-7-18)25(19(16)14-26)28-23(32)15-34-24(33)11-12-27-22(31)10-9-20(30)21-8-5-13-35-21/h5,8,13,18H,3-4,6-7,9-12,15H2,1-2H3,(H,27,31)(H,28,32). The minimum atomic E-state index is -0.630. The van der Waals surface area contributed by atoms with Crippen LogP contribution in [0.3, 0.4) is 0 Å². The van der Waals surface area contributed by atoms with Crippen LogP contribution in [0.2, 0.25) is 0 Å². The van der Waals surface area contributed by atoms with E-state index in [4.69, 9.17) is 4.74 Å². The summed E-state index contributed by atoms with van der Waals surface area (Å²) in [5.41, 5.74) is 2.21. The summed E-state index contributed by atoms with van der Waals surface area (Å²) in [5.74, 6) is -1.12. The molecule has 3 rings (SSSR count). The Bertz CT molecular complexity index is 1120. The van der Waals surface area contributed by atoms with E-state index in [0.717, 1.165) is 36.9 Å². The van der Waals surface area contributed by atoms with Crippen molar-refractivity contribution in [1.82, 2.24) is 9.88 Å². The number of hydrogen-bond donors (Lipinski definition) is 2. The molecule has 2 heterocycles. The van der Waals surface area contributed by atoms with Crippen molar-refractivity contribution < 1.29 is 23.9 Å². The number of amides is 2. The molecule has 0 radical (unpaired) electrons. The predicted octanol–water partition coefficient (Wildman–Crippen LogP) is 3.80. The van der Waals surface area contributed by atoms with Gasteiger partial charge in [-0.15, -0.1) is 11.3 Å². The van der Waals surface area contributed by atoms with Crippen LogP contribution in [0.5, 0.6) is 0 Å². The molecule has 2 aromatic heterocycles. The quantitative estimate of drug-likeness (QED) is 0.358. The molecule has 2 aromatic rings. The number of ketones is 1. The maximum atomic E-state index is 12.5. The molecule has 10 heteroatoms. The second-order valence-corrected chi connectivity index (χ2v) is 9.51. The number of hydrogen-bond acceptors (Lipinski definition) is 7. The number of nitrogens with one attached hydrogen (secondary N) is 2. The van der Waals surface area contributed by atoms with E-state index < -0.39 is 18.5 Å². The SMILES string of the molecule is Cc1c(C#N)c(NC(=O)COC(=O)CCNC(=O)CCC(=O)c2cccs2)n(C2CCCC2)c1C. The zero-order chi connectivity index (χ0) is 25.4. The monoisotopic (exact) mass is 498 g/mol. The van der Waals surface area contributed by atoms with Gasteiger partial charge in [-0.1, -0.05) is 18.9 Å². The molecule has 0 saturated heterocycles. The van der Waals surface area contributed by atoms with Crippen LogP contribution in [0.1, 0.15) is 77.5 Å². The lowest BCUT2D eigenvalue weighted by Crippen LogP contribution is -2.28. The van der Waals surface area contributed by atoms with Crippen LogP contribution in [0.15, 0.2) is 17.5 Å². The van der Waals surface area contributed by atoms with Gasteiger partial charge in [-0.05, 0) is 43.7 Å². The van der Waals surface area contributed by atoms with E-state index in [2.05, 4.69) is 16.7 Å². The fourth-order valence-electron chi connectivity index (χ4n) is 4.27. The zero-order valence-electron chi connectivity index (χ0n) is 20.0. The van der Waals surface area contributed by atoms with E-state index in [9.17, 15) is 24.4 Å². The molecule has 0 spiro atoms. The summed E-state index contributed by atoms with van der Waals surface area (Å²) in [6.07, 6.45) is 4.23. The molecule has 1 aliphatic rings. The van der Waals surface area contributed by atoms with Crippen LogP contribution in [0.4, 0.5) is 5.82 Å². The zero-order valence-corrected chi connectivity index (χ0v) is 20.8. The molecule has 1 saturated carbocycles. The molecule has 0 unspecified atom stereocenters. The summed E-state index contributed by atoms with van der Waals surface area (Å²) in [6, 6.07) is 5.91. The number of carbonyl (C=O) groups is 4. The maximum absolute atomic E-state index is 12.5. The van der Waals surface area contributed by atoms with Crippen molar-refractivity contribution in [2.45, 2.75) is 64.8 Å². The summed E-state index contributed by atoms with van der Waals surface area (Å²) in [7, 11) is 0. The Labute approximate surface area is 208 Å². The van der Waals surface area contributed by atoms with Crippen LogP contribution in [0.25, 0.3) is 0 Å². The third kappa shape index (κ3) is 6.79. The molecular weight excluding hydrogens is 468 g/mol. The lowest BCUT2D eigenvalue weighted by atomic mass is 10.2. The summed E-state index contributed by atoms with van der Waals surface area (Å²) < 4.78 is 7.06. The topological polar surface area (TPSA) is 130 Å². The van der Waals surface area contributed by atoms with E-state index >= 15 is 0 Å². The van der Waals surface area contributed by atoms with Gasteiger partial charge in [0.15, 0.2) is 12.4 Å². The number of carbonyl (C=O) groups excluding carboxylic acids is 4. The Morgan fingerprint density at radius 1 is 1.14 bits per heavy atom. The minimum absolute atomic E-state index is 0.0366. The van der Waals surface area contributed by atoms with Crippen LogP contribution >= 0.6 is 11.3 Å². The molecule has 186 valence electrons. The summed E-state index contributed by atoms with van der Waals surface area (Å²) in [4.78, 5) is 48.9. The maximum Gasteiger partial charge on any atom is 0.308 e. The van der Waals surface area contributed by atoms with Gasteiger partial charge in [0.25, 0.3) is 5.91 Å². The van der Waals surface area contributed by atoms with Crippen LogP contribution in [0, 0.1) is 25.2 Å². The van der Waals surface area contributed by atoms with Gasteiger partial charge in [0, 0.05) is 31.1 Å². The predicted molar refractivity (Wildman–Crippen MR) is 131 cm³/mol. The minimum Gasteiger partial charge on any atom is -0.456 e. The van der Waals surface area contributed by atoms with E-state index in [1.807, 2.05) is 18.4 Å². The second-order valence-electron chi connectivity index (χ2n) is 8.56. The number of nitrogens with zero attached hydrogens (tertiary/aromatic N) is 2. The number of rotatable bonds is 11. The molecular formula is C25H30N4O5S. The summed E-state index contributed by atoms with van der Waals surface area (Å²) >= 11 is 1.33. The number of aromatic nitrogens is 1. The number of esters is 1. The fraction of sp³-hybridized carbons (Fsp3) is 0.480. The number of ether oxygens (including phenoxy) is 1. The lowest BCUT2D eigenvalue weighted by Gasteiger charge is -2.19. The summed E-state index contributed by atoms with van der Waals surface area (Å²) in [5, 5.41) is 16.8. The van der Waals surface area contributed by atoms with Crippen molar-refractivity contribution in [3.05, 3.63) is 39.2 Å². The number of nitriles is 1. The molecule has 35 heavy (non-hydrogen) atoms. The Hall–Kier alpha value is -3.45. The Kier molecular flexibility index (Phi) is 9.20. The number of Topliss-reactive ketones (excluding diaryl/α,β-unsaturated/α-hetero) is 1. The van der Waals surface area contributed by atoms with Gasteiger partial charge in [0.1, 0.15) is 11.9 Å². The Morgan fingerprint density at radius 2 is 1.89 bits per heavy atom. The molecule has 9 nitrogen and oxygen atoms in total. The van der Waals surface area contributed by atoms with Crippen LogP contribution < -0.4 is 10.6 Å². The first-order chi connectivity index (χ1) is 16.8. The third-order valence-corrected chi connectivity index (χ3v) is 7.12. The summed E-state index contributed by atoms with van der Waals surface area (Å²) in [6.45, 7) is 3.37. The molecule has 1 aliphatic carbocycles. The first-order valence-corrected chi connectivity index (χ1v) is 12.6. The molecule has 0 atom stereocenters. The van der Waals surface area contributed by atoms with E-state index in [1.54, 1.807) is 17.5 Å². The molecule has 2 N–H and O–H groups in total. The molecule has 2 amide bonds. The largest absolute Gasteiger partial charge is 0.456 e. The van der Waals surface area contributed by atoms with Gasteiger partial charge >= 0.3 is 5.97 Å². The highest BCUT2D eigenvalue weighted by atomic mass is 32.1. The average molecular weight is 499 g/mol. The van der Waals surface area contributed by atoms with Gasteiger partial charge in [-0.3, -0.25) is 19.2 Å². The number of thiophene rings is 1. The van der Waals surface area contributed by atoms with Gasteiger partial charge in [-0.25, -0.2) is 0 Å². The Balaban J connectivity index is 1.42. The Morgan fingerprint density at radius 3 is 2.54 bits per heavy atom. The van der Waals surface area contributed by atoms with Crippen molar-refractivity contribution in [3.8, 4) is 6.07 Å². The van der Waals surface area contributed by atoms with Crippen LogP contribution in [-0.4, -0.2) is 41.3 Å². The van der Waals surface area contributed by atoms with Crippen molar-refractivity contribution in [1.29, 1.82) is 5.26 Å². The first-order valence-electron chi connectivity index (χ1n) is 11.7. The first kappa shape index (κ1) is 26.2. The number of anilines is 1. The van der Waals surface area contributed by atoms with Gasteiger partial charge in [-0.2, -0.15) is 5.26 Å². The van der Waals surface area contributed by atoms with Crippen molar-refractivity contribution >= 4 is 40.7 Å². The highest BCUT2D eigenvalue weighted by Crippen LogP contribution is 2.37. The normalized spacial score (nSPS) is 13.3. The molecule has 0 aliphatic heterocycles. The third-order valence-electron chi connectivity index (χ3n) is 6.21. The molecule has 0 aromatic carbocycles. The van der Waals surface area contributed by atoms with Gasteiger partial charge in [0.05, 0.1) is 16.9 Å². The van der Waals surface area contributed by atoms with Crippen LogP contribution in [-0.2, 0) is 19.1 Å². The average Bonchev–Trinajstić information content (AvgIpc) is 3.59. The second kappa shape index (κ2) is 12.3. The molecule has 0 bridgehead atoms. The smallest absolute Gasteiger partial charge is 0.308 e.